The average Bonchev–Trinajstić information content (AvgIpc) is 2.42. The van der Waals surface area contributed by atoms with Crippen molar-refractivity contribution in [2.75, 3.05) is 40.0 Å². The first kappa shape index (κ1) is 13.2. The van der Waals surface area contributed by atoms with Gasteiger partial charge in [0.25, 0.3) is 0 Å². The topological polar surface area (TPSA) is 24.5 Å². The lowest BCUT2D eigenvalue weighted by Crippen LogP contribution is -2.46. The smallest absolute Gasteiger partial charge is 0.131 e. The molecule has 0 aromatic heterocycles. The molecule has 0 unspecified atom stereocenters. The Morgan fingerprint density at radius 2 is 2.11 bits per heavy atom. The molecule has 18 heavy (non-hydrogen) atoms. The maximum atomic E-state index is 13.9. The first-order valence-corrected chi connectivity index (χ1v) is 6.11. The van der Waals surface area contributed by atoms with E-state index in [-0.39, 0.29) is 0 Å². The molecule has 1 heterocycles. The molecule has 1 aromatic carbocycles. The highest BCUT2D eigenvalue weighted by Gasteiger charge is 2.27. The summed E-state index contributed by atoms with van der Waals surface area (Å²) in [5.74, 6) is 0.00622. The summed E-state index contributed by atoms with van der Waals surface area (Å²) < 4.78 is 32.4. The van der Waals surface area contributed by atoms with Crippen molar-refractivity contribution in [1.29, 1.82) is 0 Å². The molecule has 0 aliphatic carbocycles. The zero-order chi connectivity index (χ0) is 13.0. The van der Waals surface area contributed by atoms with Crippen molar-refractivity contribution in [2.24, 2.45) is 0 Å². The zero-order valence-electron chi connectivity index (χ0n) is 10.5. The van der Waals surface area contributed by atoms with Crippen LogP contribution in [0.15, 0.2) is 18.2 Å². The first-order valence-electron chi connectivity index (χ1n) is 6.11. The summed E-state index contributed by atoms with van der Waals surface area (Å²) in [4.78, 5) is 1.96. The van der Waals surface area contributed by atoms with Gasteiger partial charge in [-0.05, 0) is 12.1 Å². The number of rotatable bonds is 4. The number of halogens is 2. The van der Waals surface area contributed by atoms with Crippen molar-refractivity contribution in [3.05, 3.63) is 29.6 Å². The molecule has 0 bridgehead atoms. The van der Waals surface area contributed by atoms with Crippen LogP contribution in [0, 0.1) is 5.82 Å². The highest BCUT2D eigenvalue weighted by molar-refractivity contribution is 5.37. The van der Waals surface area contributed by atoms with E-state index in [1.165, 1.54) is 13.2 Å². The molecule has 3 nitrogen and oxygen atoms in total. The molecule has 0 saturated carbocycles. The number of ether oxygens (including phenoxy) is 1. The summed E-state index contributed by atoms with van der Waals surface area (Å²) in [6, 6.07) is 4.03. The van der Waals surface area contributed by atoms with E-state index in [1.54, 1.807) is 12.1 Å². The van der Waals surface area contributed by atoms with Crippen molar-refractivity contribution in [1.82, 2.24) is 10.2 Å². The summed E-state index contributed by atoms with van der Waals surface area (Å²) in [5.41, 5.74) is 0.324. The molecule has 0 radical (unpaired) electrons. The van der Waals surface area contributed by atoms with Gasteiger partial charge in [0, 0.05) is 31.7 Å². The third-order valence-corrected chi connectivity index (χ3v) is 3.30. The third kappa shape index (κ3) is 2.62. The molecule has 0 amide bonds. The SMILES string of the molecule is COc1cccc(F)c1[C@@H](CF)N1CCNCC1. The summed E-state index contributed by atoms with van der Waals surface area (Å²) in [6.07, 6.45) is 0. The Bertz CT molecular complexity index is 395. The maximum Gasteiger partial charge on any atom is 0.131 e. The van der Waals surface area contributed by atoms with Crippen LogP contribution in [0.2, 0.25) is 0 Å². The van der Waals surface area contributed by atoms with E-state index < -0.39 is 18.5 Å². The Morgan fingerprint density at radius 3 is 2.72 bits per heavy atom. The van der Waals surface area contributed by atoms with Gasteiger partial charge < -0.3 is 10.1 Å². The molecule has 5 heteroatoms. The molecule has 1 saturated heterocycles. The largest absolute Gasteiger partial charge is 0.496 e. The minimum absolute atomic E-state index is 0.324. The van der Waals surface area contributed by atoms with Crippen LogP contribution in [0.25, 0.3) is 0 Å². The summed E-state index contributed by atoms with van der Waals surface area (Å²) in [7, 11) is 1.48. The minimum atomic E-state index is -0.614. The minimum Gasteiger partial charge on any atom is -0.496 e. The lowest BCUT2D eigenvalue weighted by Gasteiger charge is -2.34. The molecule has 1 fully saturated rings. The Hall–Kier alpha value is -1.20. The average molecular weight is 256 g/mol. The summed E-state index contributed by atoms with van der Waals surface area (Å²) in [5, 5.41) is 3.20. The Kier molecular flexibility index (Phi) is 4.49. The van der Waals surface area contributed by atoms with Crippen molar-refractivity contribution < 1.29 is 13.5 Å². The van der Waals surface area contributed by atoms with E-state index in [1.807, 2.05) is 4.90 Å². The second-order valence-corrected chi connectivity index (χ2v) is 4.31. The monoisotopic (exact) mass is 256 g/mol. The van der Waals surface area contributed by atoms with Gasteiger partial charge in [-0.25, -0.2) is 8.78 Å². The lowest BCUT2D eigenvalue weighted by molar-refractivity contribution is 0.142. The van der Waals surface area contributed by atoms with Crippen LogP contribution >= 0.6 is 0 Å². The van der Waals surface area contributed by atoms with Gasteiger partial charge in [0.15, 0.2) is 0 Å². The van der Waals surface area contributed by atoms with Crippen LogP contribution < -0.4 is 10.1 Å². The number of benzene rings is 1. The normalized spacial score (nSPS) is 18.6. The van der Waals surface area contributed by atoms with E-state index in [0.29, 0.717) is 24.4 Å². The van der Waals surface area contributed by atoms with Gasteiger partial charge >= 0.3 is 0 Å². The van der Waals surface area contributed by atoms with Gasteiger partial charge in [0.1, 0.15) is 18.2 Å². The number of hydrogen-bond acceptors (Lipinski definition) is 3. The quantitative estimate of drug-likeness (QED) is 0.888. The molecular weight excluding hydrogens is 238 g/mol. The molecule has 0 spiro atoms. The predicted molar refractivity (Wildman–Crippen MR) is 66.1 cm³/mol. The number of methoxy groups -OCH3 is 1. The van der Waals surface area contributed by atoms with E-state index in [2.05, 4.69) is 5.32 Å². The van der Waals surface area contributed by atoms with Crippen molar-refractivity contribution in [3.8, 4) is 5.75 Å². The second-order valence-electron chi connectivity index (χ2n) is 4.31. The standard InChI is InChI=1S/C13H18F2N2O/c1-18-12-4-2-3-10(15)13(12)11(9-14)17-7-5-16-6-8-17/h2-4,11,16H,5-9H2,1H3/t11-/m1/s1. The molecule has 1 aromatic rings. The molecule has 100 valence electrons. The van der Waals surface area contributed by atoms with Gasteiger partial charge in [0.2, 0.25) is 0 Å². The van der Waals surface area contributed by atoms with Crippen molar-refractivity contribution in [2.45, 2.75) is 6.04 Å². The molecule has 1 aliphatic heterocycles. The van der Waals surface area contributed by atoms with Crippen LogP contribution in [0.5, 0.6) is 5.75 Å². The van der Waals surface area contributed by atoms with Crippen LogP contribution in [-0.4, -0.2) is 44.9 Å². The van der Waals surface area contributed by atoms with Gasteiger partial charge in [-0.2, -0.15) is 0 Å². The van der Waals surface area contributed by atoms with E-state index in [9.17, 15) is 8.78 Å². The number of nitrogens with one attached hydrogen (secondary N) is 1. The highest BCUT2D eigenvalue weighted by atomic mass is 19.1. The fourth-order valence-electron chi connectivity index (χ4n) is 2.37. The van der Waals surface area contributed by atoms with Crippen molar-refractivity contribution in [3.63, 3.8) is 0 Å². The van der Waals surface area contributed by atoms with Crippen LogP contribution in [0.1, 0.15) is 11.6 Å². The molecule has 1 atom stereocenters. The number of nitrogens with zero attached hydrogens (tertiary/aromatic N) is 1. The second kappa shape index (κ2) is 6.11. The summed E-state index contributed by atoms with van der Waals surface area (Å²) >= 11 is 0. The fourth-order valence-corrected chi connectivity index (χ4v) is 2.37. The Balaban J connectivity index is 2.31. The van der Waals surface area contributed by atoms with Gasteiger partial charge in [-0.3, -0.25) is 4.90 Å². The number of hydrogen-bond donors (Lipinski definition) is 1. The number of alkyl halides is 1. The first-order chi connectivity index (χ1) is 8.77. The molecule has 2 rings (SSSR count). The maximum absolute atomic E-state index is 13.9. The Labute approximate surface area is 106 Å². The number of piperazine rings is 1. The lowest BCUT2D eigenvalue weighted by atomic mass is 10.0. The third-order valence-electron chi connectivity index (χ3n) is 3.30. The Morgan fingerprint density at radius 1 is 1.39 bits per heavy atom. The van der Waals surface area contributed by atoms with Crippen LogP contribution in [0.3, 0.4) is 0 Å². The van der Waals surface area contributed by atoms with Crippen LogP contribution in [0.4, 0.5) is 8.78 Å². The van der Waals surface area contributed by atoms with E-state index in [0.717, 1.165) is 13.1 Å². The molecule has 1 N–H and O–H groups in total. The van der Waals surface area contributed by atoms with E-state index in [4.69, 9.17) is 4.74 Å². The zero-order valence-corrected chi connectivity index (χ0v) is 10.5. The van der Waals surface area contributed by atoms with Crippen molar-refractivity contribution >= 4 is 0 Å². The molecular formula is C13H18F2N2O. The predicted octanol–water partition coefficient (Wildman–Crippen LogP) is 1.75. The van der Waals surface area contributed by atoms with Gasteiger partial charge in [0.05, 0.1) is 13.2 Å². The van der Waals surface area contributed by atoms with Crippen LogP contribution in [-0.2, 0) is 0 Å². The summed E-state index contributed by atoms with van der Waals surface area (Å²) in [6.45, 7) is 2.41. The van der Waals surface area contributed by atoms with Gasteiger partial charge in [-0.15, -0.1) is 0 Å². The molecule has 1 aliphatic rings. The van der Waals surface area contributed by atoms with Gasteiger partial charge in [-0.1, -0.05) is 6.07 Å². The fraction of sp³-hybridized carbons (Fsp3) is 0.538. The van der Waals surface area contributed by atoms with E-state index >= 15 is 0 Å². The highest BCUT2D eigenvalue weighted by Crippen LogP contribution is 2.32.